The van der Waals surface area contributed by atoms with Gasteiger partial charge in [0.2, 0.25) is 0 Å². The molecule has 0 fully saturated rings. The molecule has 1 amide bonds. The molecule has 0 atom stereocenters. The highest BCUT2D eigenvalue weighted by molar-refractivity contribution is 7.90. The van der Waals surface area contributed by atoms with E-state index in [1.807, 2.05) is 13.0 Å². The van der Waals surface area contributed by atoms with E-state index < -0.39 is 9.84 Å². The average Bonchev–Trinajstić information content (AvgIpc) is 2.42. The Labute approximate surface area is 126 Å². The first kappa shape index (κ1) is 17.2. The Morgan fingerprint density at radius 1 is 1.38 bits per heavy atom. The van der Waals surface area contributed by atoms with Crippen molar-refractivity contribution in [1.29, 1.82) is 0 Å². The molecule has 0 saturated carbocycles. The lowest BCUT2D eigenvalue weighted by atomic mass is 10.0. The van der Waals surface area contributed by atoms with Crippen LogP contribution in [0.4, 0.5) is 0 Å². The fraction of sp³-hybridized carbons (Fsp3) is 0.400. The predicted molar refractivity (Wildman–Crippen MR) is 83.8 cm³/mol. The number of carbonyl (C=O) groups excluding carboxylic acids is 1. The molecule has 1 rings (SSSR count). The number of nitrogens with zero attached hydrogens (tertiary/aromatic N) is 1. The van der Waals surface area contributed by atoms with Gasteiger partial charge in [0.15, 0.2) is 0 Å². The van der Waals surface area contributed by atoms with Crippen molar-refractivity contribution in [1.82, 2.24) is 4.90 Å². The first-order valence-electron chi connectivity index (χ1n) is 6.47. The SMILES string of the molecule is Cc1ccc(C(=O)N(C)CCS(C)(=O)=O)cc1C#CCN. The zero-order chi connectivity index (χ0) is 16.0. The van der Waals surface area contributed by atoms with Crippen LogP contribution in [-0.2, 0) is 9.84 Å². The lowest BCUT2D eigenvalue weighted by Crippen LogP contribution is -2.31. The van der Waals surface area contributed by atoms with Gasteiger partial charge in [0.1, 0.15) is 9.84 Å². The Balaban J connectivity index is 2.92. The minimum atomic E-state index is -3.09. The van der Waals surface area contributed by atoms with Crippen molar-refractivity contribution in [3.63, 3.8) is 0 Å². The van der Waals surface area contributed by atoms with Gasteiger partial charge in [-0.3, -0.25) is 4.79 Å². The fourth-order valence-corrected chi connectivity index (χ4v) is 2.27. The van der Waals surface area contributed by atoms with E-state index in [0.717, 1.165) is 17.4 Å². The smallest absolute Gasteiger partial charge is 0.253 e. The Bertz CT molecular complexity index is 685. The quantitative estimate of drug-likeness (QED) is 0.818. The molecule has 5 nitrogen and oxygen atoms in total. The lowest BCUT2D eigenvalue weighted by Gasteiger charge is -2.17. The highest BCUT2D eigenvalue weighted by atomic mass is 32.2. The van der Waals surface area contributed by atoms with Crippen LogP contribution in [0, 0.1) is 18.8 Å². The standard InChI is InChI=1S/C15H20N2O3S/c1-12-6-7-14(11-13(12)5-4-8-16)15(18)17(2)9-10-21(3,19)20/h6-7,11H,8-10,16H2,1-3H3. The van der Waals surface area contributed by atoms with Crippen LogP contribution >= 0.6 is 0 Å². The van der Waals surface area contributed by atoms with E-state index in [0.29, 0.717) is 5.56 Å². The second-order valence-electron chi connectivity index (χ2n) is 4.89. The molecule has 0 radical (unpaired) electrons. The molecular formula is C15H20N2O3S. The van der Waals surface area contributed by atoms with Gasteiger partial charge in [0, 0.05) is 31.0 Å². The average molecular weight is 308 g/mol. The molecular weight excluding hydrogens is 288 g/mol. The van der Waals surface area contributed by atoms with E-state index in [1.165, 1.54) is 4.90 Å². The van der Waals surface area contributed by atoms with Gasteiger partial charge in [0.05, 0.1) is 12.3 Å². The summed E-state index contributed by atoms with van der Waals surface area (Å²) in [6.45, 7) is 2.32. The highest BCUT2D eigenvalue weighted by Gasteiger charge is 2.14. The molecule has 0 aliphatic carbocycles. The summed E-state index contributed by atoms with van der Waals surface area (Å²) in [7, 11) is -1.51. The molecule has 114 valence electrons. The first-order valence-corrected chi connectivity index (χ1v) is 8.53. The third-order valence-corrected chi connectivity index (χ3v) is 3.88. The number of rotatable bonds is 4. The number of nitrogens with two attached hydrogens (primary N) is 1. The Morgan fingerprint density at radius 2 is 2.05 bits per heavy atom. The zero-order valence-electron chi connectivity index (χ0n) is 12.5. The summed E-state index contributed by atoms with van der Waals surface area (Å²) in [4.78, 5) is 13.7. The third kappa shape index (κ3) is 5.58. The number of hydrogen-bond donors (Lipinski definition) is 1. The van der Waals surface area contributed by atoms with Crippen LogP contribution in [0.5, 0.6) is 0 Å². The normalized spacial score (nSPS) is 10.7. The number of amides is 1. The maximum Gasteiger partial charge on any atom is 0.253 e. The predicted octanol–water partition coefficient (Wildman–Crippen LogP) is 0.422. The van der Waals surface area contributed by atoms with Crippen LogP contribution in [-0.4, -0.2) is 51.4 Å². The van der Waals surface area contributed by atoms with Crippen molar-refractivity contribution < 1.29 is 13.2 Å². The largest absolute Gasteiger partial charge is 0.341 e. The van der Waals surface area contributed by atoms with E-state index in [-0.39, 0.29) is 24.7 Å². The molecule has 1 aromatic rings. The van der Waals surface area contributed by atoms with Crippen molar-refractivity contribution in [3.05, 3.63) is 34.9 Å². The highest BCUT2D eigenvalue weighted by Crippen LogP contribution is 2.12. The van der Waals surface area contributed by atoms with Crippen LogP contribution < -0.4 is 5.73 Å². The van der Waals surface area contributed by atoms with Gasteiger partial charge in [-0.25, -0.2) is 8.42 Å². The zero-order valence-corrected chi connectivity index (χ0v) is 13.3. The Hall–Kier alpha value is -1.84. The molecule has 0 heterocycles. The number of benzene rings is 1. The van der Waals surface area contributed by atoms with E-state index in [2.05, 4.69) is 11.8 Å². The van der Waals surface area contributed by atoms with E-state index >= 15 is 0 Å². The summed E-state index contributed by atoms with van der Waals surface area (Å²) >= 11 is 0. The van der Waals surface area contributed by atoms with Crippen molar-refractivity contribution in [2.75, 3.05) is 32.1 Å². The molecule has 0 bridgehead atoms. The van der Waals surface area contributed by atoms with Crippen molar-refractivity contribution >= 4 is 15.7 Å². The Kier molecular flexibility index (Phi) is 5.94. The van der Waals surface area contributed by atoms with Gasteiger partial charge in [-0.05, 0) is 24.6 Å². The van der Waals surface area contributed by atoms with Crippen LogP contribution in [0.1, 0.15) is 21.5 Å². The van der Waals surface area contributed by atoms with Gasteiger partial charge in [0.25, 0.3) is 5.91 Å². The molecule has 0 saturated heterocycles. The molecule has 21 heavy (non-hydrogen) atoms. The van der Waals surface area contributed by atoms with Gasteiger partial charge < -0.3 is 10.6 Å². The van der Waals surface area contributed by atoms with E-state index in [4.69, 9.17) is 5.73 Å². The number of sulfone groups is 1. The summed E-state index contributed by atoms with van der Waals surface area (Å²) in [6, 6.07) is 5.23. The molecule has 0 aliphatic rings. The summed E-state index contributed by atoms with van der Waals surface area (Å²) < 4.78 is 22.3. The molecule has 2 N–H and O–H groups in total. The molecule has 0 spiro atoms. The van der Waals surface area contributed by atoms with E-state index in [1.54, 1.807) is 19.2 Å². The lowest BCUT2D eigenvalue weighted by molar-refractivity contribution is 0.0803. The number of aryl methyl sites for hydroxylation is 1. The topological polar surface area (TPSA) is 80.5 Å². The van der Waals surface area contributed by atoms with Gasteiger partial charge >= 0.3 is 0 Å². The monoisotopic (exact) mass is 308 g/mol. The number of carbonyl (C=O) groups is 1. The van der Waals surface area contributed by atoms with Crippen LogP contribution in [0.2, 0.25) is 0 Å². The minimum absolute atomic E-state index is 0.0546. The van der Waals surface area contributed by atoms with Crippen LogP contribution in [0.3, 0.4) is 0 Å². The fourth-order valence-electron chi connectivity index (χ4n) is 1.66. The summed E-state index contributed by atoms with van der Waals surface area (Å²) in [5.74, 6) is 5.40. The van der Waals surface area contributed by atoms with Crippen molar-refractivity contribution in [2.24, 2.45) is 5.73 Å². The second kappa shape index (κ2) is 7.25. The maximum atomic E-state index is 12.3. The molecule has 1 aromatic carbocycles. The summed E-state index contributed by atoms with van der Waals surface area (Å²) in [5, 5.41) is 0. The van der Waals surface area contributed by atoms with Crippen LogP contribution in [0.25, 0.3) is 0 Å². The first-order chi connectivity index (χ1) is 9.74. The molecule has 0 aliphatic heterocycles. The second-order valence-corrected chi connectivity index (χ2v) is 7.15. The minimum Gasteiger partial charge on any atom is -0.341 e. The van der Waals surface area contributed by atoms with Crippen molar-refractivity contribution in [2.45, 2.75) is 6.92 Å². The van der Waals surface area contributed by atoms with Gasteiger partial charge in [-0.1, -0.05) is 17.9 Å². The van der Waals surface area contributed by atoms with Gasteiger partial charge in [-0.2, -0.15) is 0 Å². The Morgan fingerprint density at radius 3 is 2.62 bits per heavy atom. The summed E-state index contributed by atoms with van der Waals surface area (Å²) in [5.41, 5.74) is 7.55. The van der Waals surface area contributed by atoms with Crippen molar-refractivity contribution in [3.8, 4) is 11.8 Å². The summed E-state index contributed by atoms with van der Waals surface area (Å²) in [6.07, 6.45) is 1.15. The maximum absolute atomic E-state index is 12.3. The molecule has 0 unspecified atom stereocenters. The molecule has 0 aromatic heterocycles. The number of hydrogen-bond acceptors (Lipinski definition) is 4. The van der Waals surface area contributed by atoms with Crippen LogP contribution in [0.15, 0.2) is 18.2 Å². The van der Waals surface area contributed by atoms with E-state index in [9.17, 15) is 13.2 Å². The third-order valence-electron chi connectivity index (χ3n) is 2.95. The molecule has 6 heteroatoms. The van der Waals surface area contributed by atoms with Gasteiger partial charge in [-0.15, -0.1) is 0 Å².